The fraction of sp³-hybridized carbons (Fsp3) is 0.286. The number of aliphatic carboxylic acids is 1. The first-order chi connectivity index (χ1) is 9.80. The fourth-order valence-corrected chi connectivity index (χ4v) is 2.23. The average molecular weight is 289 g/mol. The molecule has 1 aromatic carbocycles. The number of aromatic nitrogens is 1. The highest BCUT2D eigenvalue weighted by Gasteiger charge is 2.23. The number of nitrogens with zero attached hydrogens (tertiary/aromatic N) is 2. The number of anilines is 1. The Kier molecular flexibility index (Phi) is 3.75. The summed E-state index contributed by atoms with van der Waals surface area (Å²) in [5, 5.41) is 24.1. The molecule has 0 saturated carbocycles. The Bertz CT molecular complexity index is 712. The van der Waals surface area contributed by atoms with Crippen LogP contribution in [0.4, 0.5) is 11.4 Å². The summed E-state index contributed by atoms with van der Waals surface area (Å²) < 4.78 is 0. The summed E-state index contributed by atoms with van der Waals surface area (Å²) >= 11 is 0. The van der Waals surface area contributed by atoms with E-state index in [2.05, 4.69) is 10.3 Å². The van der Waals surface area contributed by atoms with Gasteiger partial charge in [-0.05, 0) is 26.0 Å². The molecule has 110 valence electrons. The largest absolute Gasteiger partial charge is 0.481 e. The minimum atomic E-state index is -0.916. The number of pyridine rings is 1. The monoisotopic (exact) mass is 289 g/mol. The zero-order chi connectivity index (χ0) is 15.6. The molecule has 0 aliphatic rings. The lowest BCUT2D eigenvalue weighted by Crippen LogP contribution is -2.33. The van der Waals surface area contributed by atoms with E-state index in [4.69, 9.17) is 5.11 Å². The zero-order valence-corrected chi connectivity index (χ0v) is 11.7. The molecular weight excluding hydrogens is 274 g/mol. The lowest BCUT2D eigenvalue weighted by Gasteiger charge is -2.26. The van der Waals surface area contributed by atoms with Gasteiger partial charge in [-0.2, -0.15) is 0 Å². The van der Waals surface area contributed by atoms with Crippen molar-refractivity contribution in [1.82, 2.24) is 4.98 Å². The number of benzene rings is 1. The molecule has 2 rings (SSSR count). The van der Waals surface area contributed by atoms with Gasteiger partial charge in [0.15, 0.2) is 0 Å². The SMILES string of the molecule is CC(C)(CC(=O)O)Nc1ccc([N+](=O)[O-])c2cnccc12. The summed E-state index contributed by atoms with van der Waals surface area (Å²) in [6, 6.07) is 4.65. The van der Waals surface area contributed by atoms with Crippen molar-refractivity contribution in [3.8, 4) is 0 Å². The van der Waals surface area contributed by atoms with E-state index >= 15 is 0 Å². The van der Waals surface area contributed by atoms with Crippen molar-refractivity contribution < 1.29 is 14.8 Å². The first-order valence-corrected chi connectivity index (χ1v) is 6.31. The highest BCUT2D eigenvalue weighted by Crippen LogP contribution is 2.32. The predicted molar refractivity (Wildman–Crippen MR) is 78.4 cm³/mol. The summed E-state index contributed by atoms with van der Waals surface area (Å²) in [6.45, 7) is 3.52. The molecule has 2 aromatic rings. The van der Waals surface area contributed by atoms with Gasteiger partial charge >= 0.3 is 5.97 Å². The topological polar surface area (TPSA) is 105 Å². The third kappa shape index (κ3) is 3.25. The average Bonchev–Trinajstić information content (AvgIpc) is 2.36. The molecular formula is C14H15N3O4. The number of carboxylic acids is 1. The van der Waals surface area contributed by atoms with Gasteiger partial charge in [0.25, 0.3) is 5.69 Å². The van der Waals surface area contributed by atoms with Crippen LogP contribution in [0.3, 0.4) is 0 Å². The maximum atomic E-state index is 11.0. The molecule has 0 fully saturated rings. The van der Waals surface area contributed by atoms with E-state index in [0.717, 1.165) is 0 Å². The summed E-state index contributed by atoms with van der Waals surface area (Å²) in [4.78, 5) is 25.4. The number of rotatable bonds is 5. The molecule has 2 N–H and O–H groups in total. The number of hydrogen-bond acceptors (Lipinski definition) is 5. The molecule has 1 heterocycles. The van der Waals surface area contributed by atoms with Crippen LogP contribution in [-0.4, -0.2) is 26.5 Å². The van der Waals surface area contributed by atoms with Crippen LogP contribution >= 0.6 is 0 Å². The van der Waals surface area contributed by atoms with Gasteiger partial charge in [-0.15, -0.1) is 0 Å². The quantitative estimate of drug-likeness (QED) is 0.647. The summed E-state index contributed by atoms with van der Waals surface area (Å²) in [5.74, 6) is -0.916. The molecule has 7 nitrogen and oxygen atoms in total. The Morgan fingerprint density at radius 1 is 1.38 bits per heavy atom. The second kappa shape index (κ2) is 5.35. The second-order valence-electron chi connectivity index (χ2n) is 5.39. The Hall–Kier alpha value is -2.70. The number of nitro groups is 1. The fourth-order valence-electron chi connectivity index (χ4n) is 2.23. The molecule has 1 aromatic heterocycles. The highest BCUT2D eigenvalue weighted by atomic mass is 16.6. The van der Waals surface area contributed by atoms with Crippen LogP contribution in [0.1, 0.15) is 20.3 Å². The van der Waals surface area contributed by atoms with Gasteiger partial charge in [0, 0.05) is 35.1 Å². The van der Waals surface area contributed by atoms with E-state index < -0.39 is 16.4 Å². The Morgan fingerprint density at radius 2 is 2.10 bits per heavy atom. The molecule has 0 aliphatic carbocycles. The smallest absolute Gasteiger partial charge is 0.305 e. The van der Waals surface area contributed by atoms with Gasteiger partial charge in [-0.3, -0.25) is 19.9 Å². The van der Waals surface area contributed by atoms with Crippen LogP contribution in [0.15, 0.2) is 30.6 Å². The van der Waals surface area contributed by atoms with Gasteiger partial charge in [-0.1, -0.05) is 0 Å². The minimum absolute atomic E-state index is 0.0281. The van der Waals surface area contributed by atoms with E-state index in [9.17, 15) is 14.9 Å². The van der Waals surface area contributed by atoms with Gasteiger partial charge in [0.05, 0.1) is 16.7 Å². The molecule has 0 aliphatic heterocycles. The number of nitrogens with one attached hydrogen (secondary N) is 1. The summed E-state index contributed by atoms with van der Waals surface area (Å²) in [7, 11) is 0. The molecule has 0 atom stereocenters. The van der Waals surface area contributed by atoms with Crippen molar-refractivity contribution in [2.75, 3.05) is 5.32 Å². The second-order valence-corrected chi connectivity index (χ2v) is 5.39. The maximum Gasteiger partial charge on any atom is 0.305 e. The van der Waals surface area contributed by atoms with Crippen LogP contribution in [0.5, 0.6) is 0 Å². The van der Waals surface area contributed by atoms with Crippen molar-refractivity contribution in [3.63, 3.8) is 0 Å². The number of fused-ring (bicyclic) bond motifs is 1. The highest BCUT2D eigenvalue weighted by molar-refractivity contribution is 5.99. The van der Waals surface area contributed by atoms with Crippen LogP contribution < -0.4 is 5.32 Å². The van der Waals surface area contributed by atoms with Crippen LogP contribution in [-0.2, 0) is 4.79 Å². The summed E-state index contributed by atoms with van der Waals surface area (Å²) in [5.41, 5.74) is -0.0676. The zero-order valence-electron chi connectivity index (χ0n) is 11.7. The Balaban J connectivity index is 2.49. The van der Waals surface area contributed by atoms with E-state index in [1.807, 2.05) is 0 Å². The van der Waals surface area contributed by atoms with Crippen molar-refractivity contribution in [2.45, 2.75) is 25.8 Å². The van der Waals surface area contributed by atoms with Crippen LogP contribution in [0.2, 0.25) is 0 Å². The van der Waals surface area contributed by atoms with Gasteiger partial charge < -0.3 is 10.4 Å². The van der Waals surface area contributed by atoms with Crippen molar-refractivity contribution >= 4 is 28.1 Å². The normalized spacial score (nSPS) is 11.3. The Labute approximate surface area is 120 Å². The van der Waals surface area contributed by atoms with Crippen molar-refractivity contribution in [1.29, 1.82) is 0 Å². The number of nitro benzene ring substituents is 1. The molecule has 0 saturated heterocycles. The van der Waals surface area contributed by atoms with Gasteiger partial charge in [-0.25, -0.2) is 0 Å². The van der Waals surface area contributed by atoms with E-state index in [0.29, 0.717) is 16.5 Å². The lowest BCUT2D eigenvalue weighted by atomic mass is 9.99. The molecule has 21 heavy (non-hydrogen) atoms. The van der Waals surface area contributed by atoms with E-state index in [1.54, 1.807) is 32.2 Å². The van der Waals surface area contributed by atoms with E-state index in [-0.39, 0.29) is 12.1 Å². The first kappa shape index (κ1) is 14.7. The number of carboxylic acid groups (broad SMARTS) is 1. The molecule has 7 heteroatoms. The van der Waals surface area contributed by atoms with Crippen LogP contribution in [0, 0.1) is 10.1 Å². The van der Waals surface area contributed by atoms with Crippen molar-refractivity contribution in [2.24, 2.45) is 0 Å². The molecule has 0 bridgehead atoms. The third-order valence-corrected chi connectivity index (χ3v) is 3.06. The standard InChI is InChI=1S/C14H15N3O4/c1-14(2,7-13(18)19)16-11-3-4-12(17(20)21)10-8-15-6-5-9(10)11/h3-6,8,16H,7H2,1-2H3,(H,18,19). The molecule has 0 amide bonds. The third-order valence-electron chi connectivity index (χ3n) is 3.06. The number of carbonyl (C=O) groups is 1. The minimum Gasteiger partial charge on any atom is -0.481 e. The van der Waals surface area contributed by atoms with E-state index in [1.165, 1.54) is 12.3 Å². The molecule has 0 unspecified atom stereocenters. The van der Waals surface area contributed by atoms with Gasteiger partial charge in [0.2, 0.25) is 0 Å². The lowest BCUT2D eigenvalue weighted by molar-refractivity contribution is -0.383. The first-order valence-electron chi connectivity index (χ1n) is 6.31. The molecule has 0 radical (unpaired) electrons. The Morgan fingerprint density at radius 3 is 2.71 bits per heavy atom. The van der Waals surface area contributed by atoms with Gasteiger partial charge in [0.1, 0.15) is 0 Å². The molecule has 0 spiro atoms. The number of non-ortho nitro benzene ring substituents is 1. The maximum absolute atomic E-state index is 11.0. The predicted octanol–water partition coefficient (Wildman–Crippen LogP) is 2.81. The van der Waals surface area contributed by atoms with Crippen molar-refractivity contribution in [3.05, 3.63) is 40.7 Å². The van der Waals surface area contributed by atoms with Crippen LogP contribution in [0.25, 0.3) is 10.8 Å². The number of hydrogen-bond donors (Lipinski definition) is 2. The summed E-state index contributed by atoms with van der Waals surface area (Å²) in [6.07, 6.45) is 2.90.